The van der Waals surface area contributed by atoms with E-state index in [1.165, 1.54) is 0 Å². The molecular weight excluding hydrogens is 308 g/mol. The Labute approximate surface area is 121 Å². The van der Waals surface area contributed by atoms with E-state index in [0.717, 1.165) is 10.0 Å². The molecule has 0 aliphatic carbocycles. The molecule has 102 valence electrons. The molecule has 4 nitrogen and oxygen atoms in total. The number of hydrogen-bond acceptors (Lipinski definition) is 3. The van der Waals surface area contributed by atoms with Gasteiger partial charge in [0, 0.05) is 11.0 Å². The third-order valence-electron chi connectivity index (χ3n) is 3.19. The molecule has 0 amide bonds. The van der Waals surface area contributed by atoms with Gasteiger partial charge in [-0.2, -0.15) is 5.10 Å². The lowest BCUT2D eigenvalue weighted by Crippen LogP contribution is -2.27. The fourth-order valence-electron chi connectivity index (χ4n) is 2.16. The van der Waals surface area contributed by atoms with Crippen LogP contribution in [0.3, 0.4) is 0 Å². The van der Waals surface area contributed by atoms with E-state index in [1.807, 2.05) is 31.2 Å². The molecule has 1 heterocycles. The highest BCUT2D eigenvalue weighted by Crippen LogP contribution is 2.35. The zero-order valence-electron chi connectivity index (χ0n) is 11.2. The smallest absolute Gasteiger partial charge is 0.163 e. The summed E-state index contributed by atoms with van der Waals surface area (Å²) in [6.07, 6.45) is 1.63. The zero-order chi connectivity index (χ0) is 14.0. The first-order valence-electron chi connectivity index (χ1n) is 6.09. The average Bonchev–Trinajstić information content (AvgIpc) is 2.82. The van der Waals surface area contributed by atoms with Crippen LogP contribution in [-0.4, -0.2) is 22.0 Å². The molecule has 2 aromatic rings. The maximum absolute atomic E-state index is 10.9. The summed E-state index contributed by atoms with van der Waals surface area (Å²) >= 11 is 3.39. The summed E-state index contributed by atoms with van der Waals surface area (Å²) in [4.78, 5) is 0. The van der Waals surface area contributed by atoms with Gasteiger partial charge in [0.1, 0.15) is 11.3 Å². The average molecular weight is 325 g/mol. The van der Waals surface area contributed by atoms with Crippen molar-refractivity contribution in [3.63, 3.8) is 0 Å². The SMILES string of the molecule is CCn1ncc(OC)c1C(C)(O)c1ccc(Br)cc1. The minimum Gasteiger partial charge on any atom is -0.493 e. The van der Waals surface area contributed by atoms with Gasteiger partial charge in [0.2, 0.25) is 0 Å². The van der Waals surface area contributed by atoms with Crippen LogP contribution in [0, 0.1) is 0 Å². The Kier molecular flexibility index (Phi) is 3.96. The number of ether oxygens (including phenoxy) is 1. The Morgan fingerprint density at radius 1 is 1.37 bits per heavy atom. The van der Waals surface area contributed by atoms with Crippen LogP contribution in [0.15, 0.2) is 34.9 Å². The summed E-state index contributed by atoms with van der Waals surface area (Å²) in [6.45, 7) is 4.40. The second kappa shape index (κ2) is 5.35. The van der Waals surface area contributed by atoms with Crippen LogP contribution in [0.5, 0.6) is 5.75 Å². The van der Waals surface area contributed by atoms with Crippen molar-refractivity contribution in [3.8, 4) is 5.75 Å². The van der Waals surface area contributed by atoms with Crippen molar-refractivity contribution in [2.45, 2.75) is 26.0 Å². The maximum atomic E-state index is 10.9. The molecule has 5 heteroatoms. The fourth-order valence-corrected chi connectivity index (χ4v) is 2.42. The number of halogens is 1. The van der Waals surface area contributed by atoms with Crippen LogP contribution >= 0.6 is 15.9 Å². The molecule has 0 radical (unpaired) electrons. The fraction of sp³-hybridized carbons (Fsp3) is 0.357. The molecule has 0 saturated carbocycles. The van der Waals surface area contributed by atoms with Gasteiger partial charge in [-0.1, -0.05) is 28.1 Å². The molecule has 1 atom stereocenters. The van der Waals surface area contributed by atoms with Crippen molar-refractivity contribution in [1.82, 2.24) is 9.78 Å². The summed E-state index contributed by atoms with van der Waals surface area (Å²) < 4.78 is 8.03. The van der Waals surface area contributed by atoms with E-state index >= 15 is 0 Å². The van der Waals surface area contributed by atoms with Gasteiger partial charge in [-0.25, -0.2) is 0 Å². The normalized spacial score (nSPS) is 14.2. The van der Waals surface area contributed by atoms with Crippen LogP contribution in [0.1, 0.15) is 25.1 Å². The number of aliphatic hydroxyl groups is 1. The summed E-state index contributed by atoms with van der Waals surface area (Å²) in [5.74, 6) is 0.592. The monoisotopic (exact) mass is 324 g/mol. The van der Waals surface area contributed by atoms with Gasteiger partial charge < -0.3 is 9.84 Å². The Hall–Kier alpha value is -1.33. The predicted molar refractivity (Wildman–Crippen MR) is 77.3 cm³/mol. The van der Waals surface area contributed by atoms with Gasteiger partial charge in [0.25, 0.3) is 0 Å². The van der Waals surface area contributed by atoms with Crippen molar-refractivity contribution in [3.05, 3.63) is 46.2 Å². The van der Waals surface area contributed by atoms with Crippen molar-refractivity contribution in [1.29, 1.82) is 0 Å². The molecule has 0 aliphatic heterocycles. The standard InChI is InChI=1S/C14H17BrN2O2/c1-4-17-13(12(19-3)9-16-17)14(2,18)10-5-7-11(15)8-6-10/h5-9,18H,4H2,1-3H3. The summed E-state index contributed by atoms with van der Waals surface area (Å²) in [6, 6.07) is 7.58. The van der Waals surface area contributed by atoms with Gasteiger partial charge in [0.05, 0.1) is 13.3 Å². The molecule has 1 N–H and O–H groups in total. The summed E-state index contributed by atoms with van der Waals surface area (Å²) in [5.41, 5.74) is 0.308. The first-order chi connectivity index (χ1) is 9.00. The van der Waals surface area contributed by atoms with E-state index in [0.29, 0.717) is 18.0 Å². The highest BCUT2D eigenvalue weighted by molar-refractivity contribution is 9.10. The van der Waals surface area contributed by atoms with Crippen molar-refractivity contribution in [2.24, 2.45) is 0 Å². The third-order valence-corrected chi connectivity index (χ3v) is 3.72. The molecular formula is C14H17BrN2O2. The number of aromatic nitrogens is 2. The van der Waals surface area contributed by atoms with E-state index < -0.39 is 5.60 Å². The third kappa shape index (κ3) is 2.53. The quantitative estimate of drug-likeness (QED) is 0.940. The molecule has 1 aromatic heterocycles. The van der Waals surface area contributed by atoms with Crippen molar-refractivity contribution >= 4 is 15.9 Å². The lowest BCUT2D eigenvalue weighted by atomic mass is 9.92. The lowest BCUT2D eigenvalue weighted by Gasteiger charge is -2.25. The minimum atomic E-state index is -1.15. The second-order valence-corrected chi connectivity index (χ2v) is 5.37. The summed E-state index contributed by atoms with van der Waals surface area (Å²) in [7, 11) is 1.58. The van der Waals surface area contributed by atoms with Crippen LogP contribution in [-0.2, 0) is 12.1 Å². The molecule has 0 fully saturated rings. The highest BCUT2D eigenvalue weighted by Gasteiger charge is 2.33. The Morgan fingerprint density at radius 3 is 2.53 bits per heavy atom. The van der Waals surface area contributed by atoms with E-state index in [1.54, 1.807) is 24.9 Å². The molecule has 0 bridgehead atoms. The maximum Gasteiger partial charge on any atom is 0.163 e. The highest BCUT2D eigenvalue weighted by atomic mass is 79.9. The van der Waals surface area contributed by atoms with Crippen LogP contribution < -0.4 is 4.74 Å². The van der Waals surface area contributed by atoms with E-state index in [2.05, 4.69) is 21.0 Å². The van der Waals surface area contributed by atoms with Crippen molar-refractivity contribution in [2.75, 3.05) is 7.11 Å². The van der Waals surface area contributed by atoms with Gasteiger partial charge >= 0.3 is 0 Å². The second-order valence-electron chi connectivity index (χ2n) is 4.46. The first-order valence-corrected chi connectivity index (χ1v) is 6.88. The van der Waals surface area contributed by atoms with Crippen molar-refractivity contribution < 1.29 is 9.84 Å². The predicted octanol–water partition coefficient (Wildman–Crippen LogP) is 2.93. The molecule has 1 unspecified atom stereocenters. The number of nitrogens with zero attached hydrogens (tertiary/aromatic N) is 2. The molecule has 0 aliphatic rings. The van der Waals surface area contributed by atoms with Gasteiger partial charge in [-0.05, 0) is 31.5 Å². The molecule has 19 heavy (non-hydrogen) atoms. The largest absolute Gasteiger partial charge is 0.493 e. The van der Waals surface area contributed by atoms with E-state index in [-0.39, 0.29) is 0 Å². The number of aryl methyl sites for hydroxylation is 1. The number of methoxy groups -OCH3 is 1. The first kappa shape index (κ1) is 14.1. The Balaban J connectivity index is 2.54. The van der Waals surface area contributed by atoms with Gasteiger partial charge in [-0.15, -0.1) is 0 Å². The van der Waals surface area contributed by atoms with Gasteiger partial charge in [0.15, 0.2) is 5.75 Å². The van der Waals surface area contributed by atoms with Crippen LogP contribution in [0.2, 0.25) is 0 Å². The number of rotatable bonds is 4. The van der Waals surface area contributed by atoms with E-state index in [4.69, 9.17) is 4.74 Å². The summed E-state index contributed by atoms with van der Waals surface area (Å²) in [5, 5.41) is 15.1. The lowest BCUT2D eigenvalue weighted by molar-refractivity contribution is 0.0885. The Bertz CT molecular complexity index is 540. The molecule has 0 saturated heterocycles. The number of benzene rings is 1. The van der Waals surface area contributed by atoms with Crippen LogP contribution in [0.4, 0.5) is 0 Å². The number of hydrogen-bond donors (Lipinski definition) is 1. The minimum absolute atomic E-state index is 0.592. The van der Waals surface area contributed by atoms with Crippen LogP contribution in [0.25, 0.3) is 0 Å². The molecule has 1 aromatic carbocycles. The molecule has 2 rings (SSSR count). The zero-order valence-corrected chi connectivity index (χ0v) is 12.8. The van der Waals surface area contributed by atoms with E-state index in [9.17, 15) is 5.11 Å². The Morgan fingerprint density at radius 2 is 2.00 bits per heavy atom. The topological polar surface area (TPSA) is 47.3 Å². The van der Waals surface area contributed by atoms with Gasteiger partial charge in [-0.3, -0.25) is 4.68 Å². The molecule has 0 spiro atoms.